The number of amides is 1. The zero-order valence-electron chi connectivity index (χ0n) is 17.8. The third-order valence-corrected chi connectivity index (χ3v) is 5.36. The van der Waals surface area contributed by atoms with Crippen LogP contribution in [-0.4, -0.2) is 27.3 Å². The molecule has 0 aliphatic heterocycles. The molecule has 0 spiro atoms. The van der Waals surface area contributed by atoms with Crippen LogP contribution in [0.25, 0.3) is 11.0 Å². The molecule has 162 valence electrons. The molecule has 0 radical (unpaired) electrons. The van der Waals surface area contributed by atoms with Crippen molar-refractivity contribution in [3.05, 3.63) is 102 Å². The predicted octanol–water partition coefficient (Wildman–Crippen LogP) is 4.54. The van der Waals surface area contributed by atoms with E-state index >= 15 is 0 Å². The van der Waals surface area contributed by atoms with E-state index in [4.69, 9.17) is 0 Å². The molecule has 0 bridgehead atoms. The van der Waals surface area contributed by atoms with Crippen LogP contribution in [0.15, 0.2) is 78.9 Å². The van der Waals surface area contributed by atoms with Crippen LogP contribution in [-0.2, 0) is 17.8 Å². The van der Waals surface area contributed by atoms with Gasteiger partial charge in [0.05, 0.1) is 11.0 Å². The molecule has 1 aromatic heterocycles. The van der Waals surface area contributed by atoms with Gasteiger partial charge < -0.3 is 9.88 Å². The third kappa shape index (κ3) is 4.91. The van der Waals surface area contributed by atoms with Crippen molar-refractivity contribution in [1.29, 1.82) is 0 Å². The van der Waals surface area contributed by atoms with Gasteiger partial charge >= 0.3 is 0 Å². The molecule has 0 saturated carbocycles. The number of rotatable bonds is 8. The fourth-order valence-corrected chi connectivity index (χ4v) is 3.73. The summed E-state index contributed by atoms with van der Waals surface area (Å²) in [5.41, 5.74) is 2.70. The lowest BCUT2D eigenvalue weighted by Crippen LogP contribution is -2.36. The van der Waals surface area contributed by atoms with Crippen molar-refractivity contribution in [1.82, 2.24) is 14.9 Å². The number of halogens is 1. The molecular weight excluding hydrogens is 405 g/mol. The largest absolute Gasteiger partial charge is 0.352 e. The summed E-state index contributed by atoms with van der Waals surface area (Å²) in [5.74, 6) is -1.01. The van der Waals surface area contributed by atoms with Gasteiger partial charge in [0.2, 0.25) is 11.7 Å². The first kappa shape index (κ1) is 21.4. The molecular formula is C26H24FN3O2. The molecule has 6 heteroatoms. The molecule has 0 saturated heterocycles. The Morgan fingerprint density at radius 1 is 1.00 bits per heavy atom. The Kier molecular flexibility index (Phi) is 6.40. The van der Waals surface area contributed by atoms with E-state index in [1.807, 2.05) is 43.3 Å². The lowest BCUT2D eigenvalue weighted by atomic mass is 10.1. The van der Waals surface area contributed by atoms with E-state index in [2.05, 4.69) is 22.4 Å². The van der Waals surface area contributed by atoms with Gasteiger partial charge in [0.25, 0.3) is 0 Å². The van der Waals surface area contributed by atoms with Crippen molar-refractivity contribution in [2.75, 3.05) is 0 Å². The van der Waals surface area contributed by atoms with Gasteiger partial charge in [-0.25, -0.2) is 9.37 Å². The summed E-state index contributed by atoms with van der Waals surface area (Å²) in [6.45, 7) is 1.91. The van der Waals surface area contributed by atoms with Crippen molar-refractivity contribution in [3.8, 4) is 0 Å². The summed E-state index contributed by atoms with van der Waals surface area (Å²) in [5, 5.41) is 3.01. The van der Waals surface area contributed by atoms with E-state index in [-0.39, 0.29) is 29.9 Å². The van der Waals surface area contributed by atoms with E-state index in [1.54, 1.807) is 16.7 Å². The maximum absolute atomic E-state index is 13.7. The summed E-state index contributed by atoms with van der Waals surface area (Å²) in [6.07, 6.45) is 1.66. The minimum absolute atomic E-state index is 0.0279. The third-order valence-electron chi connectivity index (χ3n) is 5.36. The first-order chi connectivity index (χ1) is 15.5. The van der Waals surface area contributed by atoms with Crippen molar-refractivity contribution in [2.45, 2.75) is 32.4 Å². The minimum atomic E-state index is -0.497. The Balaban J connectivity index is 1.52. The van der Waals surface area contributed by atoms with Crippen molar-refractivity contribution >= 4 is 22.7 Å². The van der Waals surface area contributed by atoms with E-state index in [0.29, 0.717) is 11.0 Å². The molecule has 0 fully saturated rings. The number of para-hydroxylation sites is 2. The first-order valence-electron chi connectivity index (χ1n) is 10.6. The molecule has 1 amide bonds. The highest BCUT2D eigenvalue weighted by molar-refractivity contribution is 6.08. The van der Waals surface area contributed by atoms with Gasteiger partial charge in [0.1, 0.15) is 12.4 Å². The van der Waals surface area contributed by atoms with Crippen LogP contribution in [0.4, 0.5) is 4.39 Å². The maximum Gasteiger partial charge on any atom is 0.240 e. The smallest absolute Gasteiger partial charge is 0.240 e. The topological polar surface area (TPSA) is 64.0 Å². The molecule has 1 N–H and O–H groups in total. The Hall–Kier alpha value is -3.80. The second-order valence-corrected chi connectivity index (χ2v) is 7.84. The van der Waals surface area contributed by atoms with Gasteiger partial charge in [-0.2, -0.15) is 0 Å². The van der Waals surface area contributed by atoms with Crippen LogP contribution in [0, 0.1) is 5.82 Å². The molecule has 4 aromatic rings. The average molecular weight is 429 g/mol. The fraction of sp³-hybridized carbons (Fsp3) is 0.192. The fourth-order valence-electron chi connectivity index (χ4n) is 3.73. The number of nitrogens with one attached hydrogen (secondary N) is 1. The molecule has 0 aliphatic rings. The van der Waals surface area contributed by atoms with Crippen molar-refractivity contribution in [2.24, 2.45) is 0 Å². The van der Waals surface area contributed by atoms with Crippen LogP contribution < -0.4 is 5.32 Å². The van der Waals surface area contributed by atoms with Crippen LogP contribution in [0.3, 0.4) is 0 Å². The SMILES string of the molecule is C[C@@H](CCc1ccccc1)NC(=O)Cn1c(C(=O)c2cccc(F)c2)nc2ccccc21. The monoisotopic (exact) mass is 429 g/mol. The Morgan fingerprint density at radius 2 is 1.75 bits per heavy atom. The first-order valence-corrected chi connectivity index (χ1v) is 10.6. The van der Waals surface area contributed by atoms with Gasteiger partial charge in [-0.3, -0.25) is 9.59 Å². The predicted molar refractivity (Wildman–Crippen MR) is 122 cm³/mol. The van der Waals surface area contributed by atoms with E-state index in [0.717, 1.165) is 12.8 Å². The number of hydrogen-bond donors (Lipinski definition) is 1. The summed E-state index contributed by atoms with van der Waals surface area (Å²) in [6, 6.07) is 22.8. The Labute approximate surface area is 185 Å². The quantitative estimate of drug-likeness (QED) is 0.418. The van der Waals surface area contributed by atoms with Gasteiger partial charge in [0, 0.05) is 11.6 Å². The number of carbonyl (C=O) groups is 2. The van der Waals surface area contributed by atoms with Gasteiger partial charge in [0.15, 0.2) is 5.82 Å². The number of imidazole rings is 1. The zero-order valence-corrected chi connectivity index (χ0v) is 17.8. The summed E-state index contributed by atoms with van der Waals surface area (Å²) in [4.78, 5) is 30.3. The maximum atomic E-state index is 13.7. The zero-order chi connectivity index (χ0) is 22.5. The molecule has 3 aromatic carbocycles. The number of aromatic nitrogens is 2. The normalized spacial score (nSPS) is 11.9. The molecule has 5 nitrogen and oxygen atoms in total. The highest BCUT2D eigenvalue weighted by Gasteiger charge is 2.21. The van der Waals surface area contributed by atoms with Gasteiger partial charge in [-0.05, 0) is 49.6 Å². The van der Waals surface area contributed by atoms with Crippen molar-refractivity contribution in [3.63, 3.8) is 0 Å². The summed E-state index contributed by atoms with van der Waals surface area (Å²) < 4.78 is 15.3. The number of nitrogens with zero attached hydrogens (tertiary/aromatic N) is 2. The van der Waals surface area contributed by atoms with E-state index in [1.165, 1.54) is 23.8 Å². The standard InChI is InChI=1S/C26H24FN3O2/c1-18(14-15-19-8-3-2-4-9-19)28-24(31)17-30-23-13-6-5-12-22(23)29-26(30)25(32)20-10-7-11-21(27)16-20/h2-13,16,18H,14-15,17H2,1H3,(H,28,31)/t18-/m0/s1. The highest BCUT2D eigenvalue weighted by Crippen LogP contribution is 2.19. The van der Waals surface area contributed by atoms with Crippen LogP contribution in [0.2, 0.25) is 0 Å². The lowest BCUT2D eigenvalue weighted by molar-refractivity contribution is -0.122. The van der Waals surface area contributed by atoms with E-state index in [9.17, 15) is 14.0 Å². The van der Waals surface area contributed by atoms with Crippen LogP contribution in [0.1, 0.15) is 35.1 Å². The summed E-state index contributed by atoms with van der Waals surface area (Å²) >= 11 is 0. The number of benzene rings is 3. The van der Waals surface area contributed by atoms with Crippen molar-refractivity contribution < 1.29 is 14.0 Å². The minimum Gasteiger partial charge on any atom is -0.352 e. The second kappa shape index (κ2) is 9.56. The molecule has 0 aliphatic carbocycles. The molecule has 4 rings (SSSR count). The number of ketones is 1. The van der Waals surface area contributed by atoms with Gasteiger partial charge in [-0.1, -0.05) is 54.6 Å². The average Bonchev–Trinajstić information content (AvgIpc) is 3.16. The molecule has 0 unspecified atom stereocenters. The number of aryl methyl sites for hydroxylation is 1. The molecule has 1 heterocycles. The summed E-state index contributed by atoms with van der Waals surface area (Å²) in [7, 11) is 0. The number of carbonyl (C=O) groups excluding carboxylic acids is 2. The Morgan fingerprint density at radius 3 is 2.53 bits per heavy atom. The molecule has 1 atom stereocenters. The number of hydrogen-bond acceptors (Lipinski definition) is 3. The Bertz CT molecular complexity index is 1250. The highest BCUT2D eigenvalue weighted by atomic mass is 19.1. The molecule has 32 heavy (non-hydrogen) atoms. The van der Waals surface area contributed by atoms with Gasteiger partial charge in [-0.15, -0.1) is 0 Å². The van der Waals surface area contributed by atoms with Crippen LogP contribution in [0.5, 0.6) is 0 Å². The lowest BCUT2D eigenvalue weighted by Gasteiger charge is -2.15. The number of fused-ring (bicyclic) bond motifs is 1. The van der Waals surface area contributed by atoms with Crippen LogP contribution >= 0.6 is 0 Å². The second-order valence-electron chi connectivity index (χ2n) is 7.84. The van der Waals surface area contributed by atoms with E-state index < -0.39 is 11.6 Å².